The van der Waals surface area contributed by atoms with Gasteiger partial charge < -0.3 is 9.88 Å². The molecule has 1 amide bonds. The van der Waals surface area contributed by atoms with Gasteiger partial charge in [0, 0.05) is 29.2 Å². The number of aryl methyl sites for hydroxylation is 1. The molecule has 0 aliphatic rings. The highest BCUT2D eigenvalue weighted by Crippen LogP contribution is 2.30. The van der Waals surface area contributed by atoms with Gasteiger partial charge in [0.05, 0.1) is 11.3 Å². The number of thioether (sulfide) groups is 1. The lowest BCUT2D eigenvalue weighted by Crippen LogP contribution is -2.19. The largest absolute Gasteiger partial charge is 0.321 e. The van der Waals surface area contributed by atoms with Gasteiger partial charge in [-0.25, -0.2) is 0 Å². The van der Waals surface area contributed by atoms with Crippen LogP contribution in [0, 0.1) is 0 Å². The van der Waals surface area contributed by atoms with Crippen LogP contribution in [0.4, 0.5) is 5.69 Å². The van der Waals surface area contributed by atoms with Gasteiger partial charge in [-0.2, -0.15) is 0 Å². The molecule has 1 N–H and O–H groups in total. The number of anilines is 1. The minimum absolute atomic E-state index is 0.156. The Morgan fingerprint density at radius 2 is 2.10 bits per heavy atom. The molecule has 0 atom stereocenters. The number of nitrogens with zero attached hydrogens (tertiary/aromatic N) is 1. The van der Waals surface area contributed by atoms with E-state index < -0.39 is 0 Å². The maximum Gasteiger partial charge on any atom is 0.257 e. The first-order valence-electron chi connectivity index (χ1n) is 6.41. The van der Waals surface area contributed by atoms with Gasteiger partial charge in [0.15, 0.2) is 0 Å². The number of nitrogens with one attached hydrogen (secondary N) is 1. The lowest BCUT2D eigenvalue weighted by molar-refractivity contribution is 0.102. The van der Waals surface area contributed by atoms with Gasteiger partial charge >= 0.3 is 0 Å². The molecule has 2 rings (SSSR count). The molecule has 0 saturated carbocycles. The van der Waals surface area contributed by atoms with Crippen molar-refractivity contribution < 1.29 is 4.79 Å². The fourth-order valence-electron chi connectivity index (χ4n) is 1.80. The standard InChI is InChI=1S/C15H15ClN2O2S/c1-3-21-13-6-5-11(16)8-12(13)17-15(20)10-4-7-14(19)18(2)9-10/h4-9H,3H2,1-2H3,(H,17,20). The number of aromatic nitrogens is 1. The van der Waals surface area contributed by atoms with Gasteiger partial charge in [-0.05, 0) is 30.0 Å². The Balaban J connectivity index is 2.28. The summed E-state index contributed by atoms with van der Waals surface area (Å²) in [5, 5.41) is 3.40. The van der Waals surface area contributed by atoms with Crippen LogP contribution in [0.15, 0.2) is 46.2 Å². The molecule has 6 heteroatoms. The van der Waals surface area contributed by atoms with Crippen LogP contribution in [0.1, 0.15) is 17.3 Å². The number of halogens is 1. The zero-order chi connectivity index (χ0) is 15.4. The second kappa shape index (κ2) is 6.83. The fourth-order valence-corrected chi connectivity index (χ4v) is 2.72. The van der Waals surface area contributed by atoms with Crippen molar-refractivity contribution in [2.75, 3.05) is 11.1 Å². The molecule has 1 heterocycles. The Labute approximate surface area is 132 Å². The van der Waals surface area contributed by atoms with Crippen LogP contribution in [-0.2, 0) is 7.05 Å². The van der Waals surface area contributed by atoms with Crippen molar-refractivity contribution in [1.82, 2.24) is 4.57 Å². The van der Waals surface area contributed by atoms with E-state index in [1.807, 2.05) is 13.0 Å². The van der Waals surface area contributed by atoms with E-state index in [2.05, 4.69) is 5.32 Å². The lowest BCUT2D eigenvalue weighted by atomic mass is 10.2. The number of carbonyl (C=O) groups is 1. The summed E-state index contributed by atoms with van der Waals surface area (Å²) in [5.41, 5.74) is 0.939. The van der Waals surface area contributed by atoms with E-state index in [1.165, 1.54) is 22.9 Å². The number of carbonyl (C=O) groups excluding carboxylic acids is 1. The molecule has 0 fully saturated rings. The molecule has 0 aliphatic heterocycles. The molecule has 21 heavy (non-hydrogen) atoms. The van der Waals surface area contributed by atoms with Gasteiger partial charge in [0.2, 0.25) is 5.56 Å². The minimum atomic E-state index is -0.272. The minimum Gasteiger partial charge on any atom is -0.321 e. The van der Waals surface area contributed by atoms with Gasteiger partial charge in [0.1, 0.15) is 0 Å². The van der Waals surface area contributed by atoms with Crippen molar-refractivity contribution >= 4 is 35.0 Å². The molecule has 0 unspecified atom stereocenters. The van der Waals surface area contributed by atoms with Crippen molar-refractivity contribution in [2.45, 2.75) is 11.8 Å². The highest BCUT2D eigenvalue weighted by molar-refractivity contribution is 7.99. The number of pyridine rings is 1. The number of rotatable bonds is 4. The topological polar surface area (TPSA) is 51.1 Å². The average molecular weight is 323 g/mol. The van der Waals surface area contributed by atoms with E-state index in [0.717, 1.165) is 10.6 Å². The van der Waals surface area contributed by atoms with Crippen molar-refractivity contribution in [3.63, 3.8) is 0 Å². The molecule has 2 aromatic rings. The highest BCUT2D eigenvalue weighted by atomic mass is 35.5. The van der Waals surface area contributed by atoms with E-state index in [-0.39, 0.29) is 11.5 Å². The first kappa shape index (κ1) is 15.7. The summed E-state index contributed by atoms with van der Waals surface area (Å²) in [6, 6.07) is 8.27. The van der Waals surface area contributed by atoms with E-state index in [9.17, 15) is 9.59 Å². The number of hydrogen-bond donors (Lipinski definition) is 1. The number of amides is 1. The first-order valence-corrected chi connectivity index (χ1v) is 7.78. The zero-order valence-corrected chi connectivity index (χ0v) is 13.3. The molecule has 0 radical (unpaired) electrons. The van der Waals surface area contributed by atoms with E-state index in [1.54, 1.807) is 30.9 Å². The zero-order valence-electron chi connectivity index (χ0n) is 11.7. The van der Waals surface area contributed by atoms with Gasteiger partial charge in [0.25, 0.3) is 5.91 Å². The SMILES string of the molecule is CCSc1ccc(Cl)cc1NC(=O)c1ccc(=O)n(C)c1. The summed E-state index contributed by atoms with van der Waals surface area (Å²) in [6.07, 6.45) is 1.51. The maximum atomic E-state index is 12.3. The molecule has 1 aromatic carbocycles. The molecule has 0 saturated heterocycles. The Hall–Kier alpha value is -1.72. The summed E-state index contributed by atoms with van der Waals surface area (Å²) in [5.74, 6) is 0.621. The van der Waals surface area contributed by atoms with Gasteiger partial charge in [-0.15, -0.1) is 11.8 Å². The summed E-state index contributed by atoms with van der Waals surface area (Å²) in [4.78, 5) is 24.6. The molecule has 110 valence electrons. The third kappa shape index (κ3) is 3.89. The molecular formula is C15H15ClN2O2S. The predicted octanol–water partition coefficient (Wildman–Crippen LogP) is 3.40. The Bertz CT molecular complexity index is 728. The van der Waals surface area contributed by atoms with Gasteiger partial charge in [-0.1, -0.05) is 18.5 Å². The second-order valence-electron chi connectivity index (χ2n) is 4.39. The van der Waals surface area contributed by atoms with Crippen LogP contribution in [0.2, 0.25) is 5.02 Å². The summed E-state index contributed by atoms with van der Waals surface area (Å²) >= 11 is 7.61. The van der Waals surface area contributed by atoms with Crippen LogP contribution in [0.25, 0.3) is 0 Å². The Morgan fingerprint density at radius 3 is 2.76 bits per heavy atom. The van der Waals surface area contributed by atoms with Gasteiger partial charge in [-0.3, -0.25) is 9.59 Å². The van der Waals surface area contributed by atoms with Crippen molar-refractivity contribution in [2.24, 2.45) is 7.05 Å². The van der Waals surface area contributed by atoms with Crippen LogP contribution in [0.3, 0.4) is 0 Å². The Kier molecular flexibility index (Phi) is 5.09. The smallest absolute Gasteiger partial charge is 0.257 e. The van der Waals surface area contributed by atoms with Crippen LogP contribution in [-0.4, -0.2) is 16.2 Å². The van der Waals surface area contributed by atoms with E-state index in [4.69, 9.17) is 11.6 Å². The second-order valence-corrected chi connectivity index (χ2v) is 6.14. The average Bonchev–Trinajstić information content (AvgIpc) is 2.45. The van der Waals surface area contributed by atoms with Crippen LogP contribution < -0.4 is 10.9 Å². The normalized spacial score (nSPS) is 10.4. The fraction of sp³-hybridized carbons (Fsp3) is 0.200. The number of benzene rings is 1. The first-order chi connectivity index (χ1) is 10.0. The number of hydrogen-bond acceptors (Lipinski definition) is 3. The van der Waals surface area contributed by atoms with Crippen LogP contribution in [0.5, 0.6) is 0 Å². The van der Waals surface area contributed by atoms with E-state index >= 15 is 0 Å². The Morgan fingerprint density at radius 1 is 1.33 bits per heavy atom. The summed E-state index contributed by atoms with van der Waals surface area (Å²) < 4.78 is 1.37. The maximum absolute atomic E-state index is 12.3. The van der Waals surface area contributed by atoms with Crippen molar-refractivity contribution in [3.8, 4) is 0 Å². The summed E-state index contributed by atoms with van der Waals surface area (Å²) in [7, 11) is 1.61. The van der Waals surface area contributed by atoms with Crippen molar-refractivity contribution in [3.05, 3.63) is 57.5 Å². The highest BCUT2D eigenvalue weighted by Gasteiger charge is 2.10. The molecular weight excluding hydrogens is 308 g/mol. The molecule has 0 spiro atoms. The molecule has 4 nitrogen and oxygen atoms in total. The van der Waals surface area contributed by atoms with Crippen molar-refractivity contribution in [1.29, 1.82) is 0 Å². The molecule has 0 aliphatic carbocycles. The predicted molar refractivity (Wildman–Crippen MR) is 87.5 cm³/mol. The third-order valence-corrected chi connectivity index (χ3v) is 4.03. The quantitative estimate of drug-likeness (QED) is 0.878. The lowest BCUT2D eigenvalue weighted by Gasteiger charge is -2.11. The molecule has 0 bridgehead atoms. The van der Waals surface area contributed by atoms with Crippen LogP contribution >= 0.6 is 23.4 Å². The van der Waals surface area contributed by atoms with E-state index in [0.29, 0.717) is 16.3 Å². The molecule has 1 aromatic heterocycles. The summed E-state index contributed by atoms with van der Waals surface area (Å²) in [6.45, 7) is 2.04. The monoisotopic (exact) mass is 322 g/mol. The third-order valence-electron chi connectivity index (χ3n) is 2.84.